The first-order valence-corrected chi connectivity index (χ1v) is 5.33. The number of carbonyl (C=O) groups excluding carboxylic acids is 1. The highest BCUT2D eigenvalue weighted by Crippen LogP contribution is 2.06. The molecule has 0 rings (SSSR count). The Labute approximate surface area is 96.3 Å². The van der Waals surface area contributed by atoms with Gasteiger partial charge in [0.2, 0.25) is 0 Å². The van der Waals surface area contributed by atoms with Crippen LogP contribution in [0.3, 0.4) is 0 Å². The number of amides is 1. The second-order valence-electron chi connectivity index (χ2n) is 4.12. The monoisotopic (exact) mass is 233 g/mol. The number of carbonyl (C=O) groups is 1. The van der Waals surface area contributed by atoms with Crippen LogP contribution in [0.1, 0.15) is 34.6 Å². The first kappa shape index (κ1) is 14.2. The van der Waals surface area contributed by atoms with Gasteiger partial charge >= 0.3 is 6.09 Å². The Morgan fingerprint density at radius 2 is 2.00 bits per heavy atom. The fourth-order valence-corrected chi connectivity index (χ4v) is 0.987. The number of hydrogen-bond donors (Lipinski definition) is 1. The third kappa shape index (κ3) is 7.13. The standard InChI is InChI=1S/C10H19NO3S/c1-6-13-8(15)7(2)11-9(12)14-10(3,4)5/h7H,6H2,1-5H3,(H,11,12). The molecule has 0 aliphatic carbocycles. The lowest BCUT2D eigenvalue weighted by molar-refractivity contribution is 0.0517. The fourth-order valence-electron chi connectivity index (χ4n) is 0.811. The van der Waals surface area contributed by atoms with Gasteiger partial charge in [-0.1, -0.05) is 0 Å². The smallest absolute Gasteiger partial charge is 0.408 e. The number of hydrogen-bond acceptors (Lipinski definition) is 4. The van der Waals surface area contributed by atoms with Crippen molar-refractivity contribution in [3.05, 3.63) is 0 Å². The van der Waals surface area contributed by atoms with Crippen LogP contribution in [0.4, 0.5) is 4.79 Å². The second-order valence-corrected chi connectivity index (χ2v) is 4.52. The van der Waals surface area contributed by atoms with Gasteiger partial charge in [0.25, 0.3) is 0 Å². The first-order valence-electron chi connectivity index (χ1n) is 4.92. The SMILES string of the molecule is CCOC(=S)C(C)NC(=O)OC(C)(C)C. The summed E-state index contributed by atoms with van der Waals surface area (Å²) < 4.78 is 10.2. The molecule has 15 heavy (non-hydrogen) atoms. The predicted molar refractivity (Wildman–Crippen MR) is 63.1 cm³/mol. The zero-order valence-corrected chi connectivity index (χ0v) is 10.7. The van der Waals surface area contributed by atoms with Gasteiger partial charge in [-0.05, 0) is 46.8 Å². The van der Waals surface area contributed by atoms with E-state index in [1.807, 2.05) is 6.92 Å². The van der Waals surface area contributed by atoms with Crippen LogP contribution in [0.2, 0.25) is 0 Å². The highest BCUT2D eigenvalue weighted by Gasteiger charge is 2.19. The van der Waals surface area contributed by atoms with E-state index in [0.717, 1.165) is 0 Å². The van der Waals surface area contributed by atoms with Gasteiger partial charge in [-0.2, -0.15) is 0 Å². The molecule has 0 aromatic rings. The van der Waals surface area contributed by atoms with Crippen LogP contribution in [-0.2, 0) is 9.47 Å². The third-order valence-electron chi connectivity index (χ3n) is 1.37. The fraction of sp³-hybridized carbons (Fsp3) is 0.800. The number of alkyl carbamates (subject to hydrolysis) is 1. The highest BCUT2D eigenvalue weighted by atomic mass is 32.1. The van der Waals surface area contributed by atoms with Crippen LogP contribution in [0.15, 0.2) is 0 Å². The minimum Gasteiger partial charge on any atom is -0.485 e. The molecular weight excluding hydrogens is 214 g/mol. The number of nitrogens with one attached hydrogen (secondary N) is 1. The van der Waals surface area contributed by atoms with E-state index in [1.54, 1.807) is 27.7 Å². The van der Waals surface area contributed by atoms with E-state index in [-0.39, 0.29) is 6.04 Å². The minimum absolute atomic E-state index is 0.324. The molecule has 4 nitrogen and oxygen atoms in total. The highest BCUT2D eigenvalue weighted by molar-refractivity contribution is 7.80. The maximum atomic E-state index is 11.3. The van der Waals surface area contributed by atoms with Gasteiger partial charge in [0.05, 0.1) is 12.6 Å². The summed E-state index contributed by atoms with van der Waals surface area (Å²) in [4.78, 5) is 11.3. The summed E-state index contributed by atoms with van der Waals surface area (Å²) in [6, 6.07) is -0.324. The first-order chi connectivity index (χ1) is 6.76. The lowest BCUT2D eigenvalue weighted by atomic mass is 10.2. The summed E-state index contributed by atoms with van der Waals surface area (Å²) >= 11 is 4.94. The maximum absolute atomic E-state index is 11.3. The molecule has 0 fully saturated rings. The Morgan fingerprint density at radius 3 is 2.40 bits per heavy atom. The average molecular weight is 233 g/mol. The van der Waals surface area contributed by atoms with Crippen LogP contribution < -0.4 is 5.32 Å². The molecule has 5 heteroatoms. The summed E-state index contributed by atoms with van der Waals surface area (Å²) in [5, 5.41) is 2.96. The second kappa shape index (κ2) is 5.90. The van der Waals surface area contributed by atoms with Gasteiger partial charge < -0.3 is 14.8 Å². The van der Waals surface area contributed by atoms with E-state index >= 15 is 0 Å². The summed E-state index contributed by atoms with van der Waals surface area (Å²) in [5.41, 5.74) is -0.503. The maximum Gasteiger partial charge on any atom is 0.408 e. The summed E-state index contributed by atoms with van der Waals surface area (Å²) in [7, 11) is 0. The molecule has 1 atom stereocenters. The quantitative estimate of drug-likeness (QED) is 0.760. The Balaban J connectivity index is 4.02. The van der Waals surface area contributed by atoms with Gasteiger partial charge in [-0.3, -0.25) is 0 Å². The van der Waals surface area contributed by atoms with Crippen LogP contribution in [0.25, 0.3) is 0 Å². The molecule has 0 radical (unpaired) electrons. The molecule has 0 heterocycles. The van der Waals surface area contributed by atoms with Crippen molar-refractivity contribution in [2.75, 3.05) is 6.61 Å². The Kier molecular flexibility index (Phi) is 5.57. The Hall–Kier alpha value is -0.840. The molecule has 0 spiro atoms. The number of rotatable bonds is 3. The van der Waals surface area contributed by atoms with E-state index in [2.05, 4.69) is 5.32 Å². The zero-order valence-electron chi connectivity index (χ0n) is 9.92. The van der Waals surface area contributed by atoms with Crippen molar-refractivity contribution < 1.29 is 14.3 Å². The molecule has 0 bridgehead atoms. The van der Waals surface area contributed by atoms with Crippen LogP contribution in [-0.4, -0.2) is 29.4 Å². The van der Waals surface area contributed by atoms with Gasteiger partial charge in [0, 0.05) is 0 Å². The normalized spacial score (nSPS) is 12.9. The van der Waals surface area contributed by atoms with Gasteiger partial charge in [0.15, 0.2) is 5.05 Å². The largest absolute Gasteiger partial charge is 0.485 e. The molecule has 0 saturated heterocycles. The lowest BCUT2D eigenvalue weighted by Crippen LogP contribution is -2.41. The zero-order chi connectivity index (χ0) is 12.1. The van der Waals surface area contributed by atoms with Gasteiger partial charge in [-0.15, -0.1) is 0 Å². The number of thiocarbonyl (C=S) groups is 1. The van der Waals surface area contributed by atoms with Gasteiger partial charge in [0.1, 0.15) is 5.60 Å². The van der Waals surface area contributed by atoms with Crippen LogP contribution in [0.5, 0.6) is 0 Å². The summed E-state index contributed by atoms with van der Waals surface area (Å²) in [6.45, 7) is 9.50. The molecule has 1 N–H and O–H groups in total. The summed E-state index contributed by atoms with van der Waals surface area (Å²) in [6.07, 6.45) is -0.489. The van der Waals surface area contributed by atoms with E-state index in [9.17, 15) is 4.79 Å². The lowest BCUT2D eigenvalue weighted by Gasteiger charge is -2.22. The Bertz CT molecular complexity index is 235. The molecule has 0 aromatic carbocycles. The van der Waals surface area contributed by atoms with Crippen molar-refractivity contribution in [3.8, 4) is 0 Å². The van der Waals surface area contributed by atoms with E-state index in [0.29, 0.717) is 11.7 Å². The predicted octanol–water partition coefficient (Wildman–Crippen LogP) is 2.26. The van der Waals surface area contributed by atoms with E-state index in [4.69, 9.17) is 21.7 Å². The molecule has 0 aliphatic rings. The summed E-state index contributed by atoms with van der Waals surface area (Å²) in [5.74, 6) is 0. The van der Waals surface area contributed by atoms with E-state index < -0.39 is 11.7 Å². The van der Waals surface area contributed by atoms with Crippen LogP contribution in [0, 0.1) is 0 Å². The van der Waals surface area contributed by atoms with E-state index in [1.165, 1.54) is 0 Å². The van der Waals surface area contributed by atoms with Crippen molar-refractivity contribution in [2.24, 2.45) is 0 Å². The Morgan fingerprint density at radius 1 is 1.47 bits per heavy atom. The van der Waals surface area contributed by atoms with Gasteiger partial charge in [-0.25, -0.2) is 4.79 Å². The molecule has 0 saturated carbocycles. The van der Waals surface area contributed by atoms with Crippen molar-refractivity contribution >= 4 is 23.4 Å². The molecule has 1 unspecified atom stereocenters. The van der Waals surface area contributed by atoms with Crippen molar-refractivity contribution in [1.82, 2.24) is 5.32 Å². The van der Waals surface area contributed by atoms with Crippen LogP contribution >= 0.6 is 12.2 Å². The molecule has 88 valence electrons. The van der Waals surface area contributed by atoms with Crippen molar-refractivity contribution in [2.45, 2.75) is 46.3 Å². The van der Waals surface area contributed by atoms with Crippen molar-refractivity contribution in [1.29, 1.82) is 0 Å². The molecule has 1 amide bonds. The topological polar surface area (TPSA) is 47.6 Å². The third-order valence-corrected chi connectivity index (χ3v) is 1.84. The average Bonchev–Trinajstić information content (AvgIpc) is 2.00. The molecule has 0 aliphatic heterocycles. The minimum atomic E-state index is -0.503. The molecular formula is C10H19NO3S. The molecule has 0 aromatic heterocycles. The number of ether oxygens (including phenoxy) is 2. The van der Waals surface area contributed by atoms with Crippen molar-refractivity contribution in [3.63, 3.8) is 0 Å².